The topological polar surface area (TPSA) is 86.4 Å². The average Bonchev–Trinajstić information content (AvgIpc) is 3.14. The van der Waals surface area contributed by atoms with E-state index in [-0.39, 0.29) is 0 Å². The fraction of sp³-hybridized carbons (Fsp3) is 0.654. The van der Waals surface area contributed by atoms with E-state index in [9.17, 15) is 0 Å². The summed E-state index contributed by atoms with van der Waals surface area (Å²) in [7, 11) is 2.00. The van der Waals surface area contributed by atoms with E-state index in [1.54, 1.807) is 0 Å². The second-order valence-electron chi connectivity index (χ2n) is 10.7. The molecule has 3 heterocycles. The molecule has 7 heteroatoms. The van der Waals surface area contributed by atoms with Gasteiger partial charge >= 0.3 is 0 Å². The smallest absolute Gasteiger partial charge is 0.235 e. The van der Waals surface area contributed by atoms with Crippen LogP contribution in [-0.4, -0.2) is 46.7 Å². The van der Waals surface area contributed by atoms with Crippen molar-refractivity contribution < 1.29 is 5.32 Å². The zero-order valence-corrected chi connectivity index (χ0v) is 20.8. The van der Waals surface area contributed by atoms with Crippen molar-refractivity contribution in [3.05, 3.63) is 34.3 Å². The number of fused-ring (bicyclic) bond motifs is 4. The Kier molecular flexibility index (Phi) is 5.81. The Morgan fingerprint density at radius 1 is 1.18 bits per heavy atom. The van der Waals surface area contributed by atoms with Crippen molar-refractivity contribution in [3.63, 3.8) is 0 Å². The molecule has 178 valence electrons. The Morgan fingerprint density at radius 3 is 2.55 bits per heavy atom. The Bertz CT molecular complexity index is 1030. The largest absolute Gasteiger partial charge is 0.366 e. The second kappa shape index (κ2) is 8.51. The van der Waals surface area contributed by atoms with Crippen LogP contribution in [0.25, 0.3) is 0 Å². The second-order valence-corrected chi connectivity index (χ2v) is 10.7. The minimum atomic E-state index is 0.417. The fourth-order valence-electron chi connectivity index (χ4n) is 6.78. The van der Waals surface area contributed by atoms with Crippen LogP contribution in [0, 0.1) is 24.7 Å². The third-order valence-corrected chi connectivity index (χ3v) is 8.73. The minimum absolute atomic E-state index is 0.417. The van der Waals surface area contributed by atoms with Crippen LogP contribution in [0.1, 0.15) is 73.7 Å². The number of pyridine rings is 1. The quantitative estimate of drug-likeness (QED) is 0.566. The van der Waals surface area contributed by atoms with Crippen molar-refractivity contribution in [1.29, 1.82) is 5.41 Å². The molecule has 0 unspecified atom stereocenters. The van der Waals surface area contributed by atoms with E-state index in [2.05, 4.69) is 39.8 Å². The SMILES string of the molecule is CCNC12CCC(Cn3nc(C)c4c3CCN(c3cc(C)nc([NH2+]C)c3C=N)C4)(CC1)CC2. The van der Waals surface area contributed by atoms with Gasteiger partial charge in [-0.1, -0.05) is 6.92 Å². The number of nitrogens with zero attached hydrogens (tertiary/aromatic N) is 4. The van der Waals surface area contributed by atoms with Crippen LogP contribution in [0.3, 0.4) is 0 Å². The first-order valence-corrected chi connectivity index (χ1v) is 12.8. The summed E-state index contributed by atoms with van der Waals surface area (Å²) in [6, 6.07) is 2.14. The van der Waals surface area contributed by atoms with Crippen LogP contribution in [0.5, 0.6) is 0 Å². The molecule has 4 N–H and O–H groups in total. The number of rotatable bonds is 7. The van der Waals surface area contributed by atoms with Gasteiger partial charge in [0.2, 0.25) is 5.82 Å². The van der Waals surface area contributed by atoms with Crippen LogP contribution in [0.15, 0.2) is 6.07 Å². The molecule has 2 bridgehead atoms. The highest BCUT2D eigenvalue weighted by Gasteiger charge is 2.48. The number of aryl methyl sites for hydroxylation is 2. The van der Waals surface area contributed by atoms with Gasteiger partial charge in [0.15, 0.2) is 0 Å². The predicted molar refractivity (Wildman–Crippen MR) is 133 cm³/mol. The van der Waals surface area contributed by atoms with Crippen molar-refractivity contribution in [2.75, 3.05) is 25.0 Å². The molecule has 3 saturated carbocycles. The van der Waals surface area contributed by atoms with Gasteiger partial charge in [-0.05, 0) is 70.4 Å². The van der Waals surface area contributed by atoms with Crippen molar-refractivity contribution in [3.8, 4) is 0 Å². The predicted octanol–water partition coefficient (Wildman–Crippen LogP) is 2.98. The van der Waals surface area contributed by atoms with E-state index in [1.165, 1.54) is 61.7 Å². The van der Waals surface area contributed by atoms with E-state index in [1.807, 2.05) is 19.3 Å². The molecule has 0 saturated heterocycles. The third-order valence-electron chi connectivity index (χ3n) is 8.73. The summed E-state index contributed by atoms with van der Waals surface area (Å²) in [6.07, 6.45) is 10.4. The number of hydrogen-bond donors (Lipinski definition) is 3. The molecule has 1 aliphatic heterocycles. The van der Waals surface area contributed by atoms with E-state index in [0.717, 1.165) is 55.4 Å². The molecule has 33 heavy (non-hydrogen) atoms. The maximum Gasteiger partial charge on any atom is 0.235 e. The zero-order chi connectivity index (χ0) is 23.2. The van der Waals surface area contributed by atoms with Gasteiger partial charge < -0.3 is 15.6 Å². The van der Waals surface area contributed by atoms with Gasteiger partial charge in [-0.3, -0.25) is 10.00 Å². The standard InChI is InChI=1S/C26H39N7/c1-5-29-26-10-7-25(8-11-26,9-12-26)17-33-22-6-13-32(16-21(22)19(3)31-33)23-14-18(2)30-24(28-4)20(23)15-27/h14-15,27,29H,5-13,16-17H2,1-4H3,(H,28,30)/p+1. The van der Waals surface area contributed by atoms with Crippen molar-refractivity contribution in [2.45, 2.75) is 84.3 Å². The zero-order valence-electron chi connectivity index (χ0n) is 20.8. The number of hydrogen-bond acceptors (Lipinski definition) is 5. The molecule has 7 nitrogen and oxygen atoms in total. The van der Waals surface area contributed by atoms with Gasteiger partial charge in [-0.25, -0.2) is 4.98 Å². The molecule has 0 aromatic carbocycles. The number of nitrogens with one attached hydrogen (secondary N) is 2. The summed E-state index contributed by atoms with van der Waals surface area (Å²) in [6.45, 7) is 10.5. The lowest BCUT2D eigenvalue weighted by molar-refractivity contribution is -0.543. The molecular weight excluding hydrogens is 410 g/mol. The monoisotopic (exact) mass is 450 g/mol. The first-order chi connectivity index (χ1) is 15.9. The minimum Gasteiger partial charge on any atom is -0.366 e. The molecule has 4 aliphatic rings. The summed E-state index contributed by atoms with van der Waals surface area (Å²) in [5.74, 6) is 0.903. The Morgan fingerprint density at radius 2 is 1.91 bits per heavy atom. The first-order valence-electron chi connectivity index (χ1n) is 12.8. The Labute approximate surface area is 197 Å². The summed E-state index contributed by atoms with van der Waals surface area (Å²) in [5, 5.41) is 18.9. The summed E-state index contributed by atoms with van der Waals surface area (Å²) < 4.78 is 2.38. The lowest BCUT2D eigenvalue weighted by atomic mass is 9.57. The van der Waals surface area contributed by atoms with Crippen molar-refractivity contribution in [2.24, 2.45) is 5.41 Å². The fourth-order valence-corrected chi connectivity index (χ4v) is 6.78. The third kappa shape index (κ3) is 3.89. The Balaban J connectivity index is 1.38. The van der Waals surface area contributed by atoms with Gasteiger partial charge in [0.25, 0.3) is 0 Å². The number of quaternary nitrogens is 1. The van der Waals surface area contributed by atoms with Crippen LogP contribution in [-0.2, 0) is 19.5 Å². The first kappa shape index (κ1) is 22.5. The van der Waals surface area contributed by atoms with Crippen molar-refractivity contribution in [1.82, 2.24) is 20.1 Å². The number of aromatic nitrogens is 3. The highest BCUT2D eigenvalue weighted by Crippen LogP contribution is 2.53. The van der Waals surface area contributed by atoms with Gasteiger partial charge in [-0.15, -0.1) is 0 Å². The highest BCUT2D eigenvalue weighted by atomic mass is 15.3. The molecule has 6 rings (SSSR count). The molecular formula is C26H40N7+. The lowest BCUT2D eigenvalue weighted by Crippen LogP contribution is -2.74. The molecule has 0 radical (unpaired) electrons. The van der Waals surface area contributed by atoms with E-state index in [0.29, 0.717) is 11.0 Å². The maximum absolute atomic E-state index is 8.01. The van der Waals surface area contributed by atoms with Crippen LogP contribution in [0.4, 0.5) is 11.5 Å². The number of nitrogens with two attached hydrogens (primary N) is 1. The summed E-state index contributed by atoms with van der Waals surface area (Å²) >= 11 is 0. The van der Waals surface area contributed by atoms with E-state index in [4.69, 9.17) is 10.5 Å². The molecule has 0 atom stereocenters. The number of anilines is 1. The summed E-state index contributed by atoms with van der Waals surface area (Å²) in [5.41, 5.74) is 7.90. The maximum atomic E-state index is 8.01. The molecule has 2 aromatic rings. The average molecular weight is 451 g/mol. The molecule has 2 aromatic heterocycles. The van der Waals surface area contributed by atoms with Crippen LogP contribution >= 0.6 is 0 Å². The van der Waals surface area contributed by atoms with E-state index >= 15 is 0 Å². The lowest BCUT2D eigenvalue weighted by Gasteiger charge is -2.54. The van der Waals surface area contributed by atoms with E-state index < -0.39 is 0 Å². The van der Waals surface area contributed by atoms with Crippen molar-refractivity contribution >= 4 is 17.7 Å². The van der Waals surface area contributed by atoms with Crippen LogP contribution < -0.4 is 15.5 Å². The normalized spacial score (nSPS) is 26.5. The van der Waals surface area contributed by atoms with Gasteiger partial charge in [-0.2, -0.15) is 5.10 Å². The highest BCUT2D eigenvalue weighted by molar-refractivity contribution is 5.90. The molecule has 3 aliphatic carbocycles. The summed E-state index contributed by atoms with van der Waals surface area (Å²) in [4.78, 5) is 7.06. The molecule has 0 spiro atoms. The van der Waals surface area contributed by atoms with Crippen LogP contribution in [0.2, 0.25) is 0 Å². The molecule has 3 fully saturated rings. The molecule has 0 amide bonds. The Hall–Kier alpha value is -2.25. The van der Waals surface area contributed by atoms with Gasteiger partial charge in [0, 0.05) is 54.8 Å². The van der Waals surface area contributed by atoms with Gasteiger partial charge in [0.05, 0.1) is 24.0 Å². The van der Waals surface area contributed by atoms with Gasteiger partial charge in [0.1, 0.15) is 0 Å².